The van der Waals surface area contributed by atoms with E-state index in [1.165, 1.54) is 13.2 Å². The lowest BCUT2D eigenvalue weighted by Gasteiger charge is -2.16. The van der Waals surface area contributed by atoms with Gasteiger partial charge in [-0.1, -0.05) is 0 Å². The summed E-state index contributed by atoms with van der Waals surface area (Å²) in [6, 6.07) is 4.60. The van der Waals surface area contributed by atoms with Gasteiger partial charge in [-0.2, -0.15) is 5.10 Å². The summed E-state index contributed by atoms with van der Waals surface area (Å²) in [6.45, 7) is 0.458. The van der Waals surface area contributed by atoms with Crippen molar-refractivity contribution in [2.45, 2.75) is 6.54 Å². The number of hydrogen-bond donors (Lipinski definition) is 1. The molecule has 1 heterocycles. The molecule has 0 spiro atoms. The maximum absolute atomic E-state index is 12.3. The molecule has 1 aromatic carbocycles. The normalized spacial score (nSPS) is 10.3. The van der Waals surface area contributed by atoms with Gasteiger partial charge in [0.1, 0.15) is 0 Å². The van der Waals surface area contributed by atoms with Crippen LogP contribution in [0.1, 0.15) is 15.9 Å². The van der Waals surface area contributed by atoms with Gasteiger partial charge in [-0.15, -0.1) is 0 Å². The molecule has 0 bridgehead atoms. The molecule has 6 heteroatoms. The Balaban J connectivity index is 2.12. The average molecular weight is 275 g/mol. The number of aromatic nitrogens is 2. The number of benzene rings is 1. The van der Waals surface area contributed by atoms with Crippen LogP contribution in [-0.2, 0) is 13.6 Å². The van der Waals surface area contributed by atoms with Crippen molar-refractivity contribution >= 4 is 5.91 Å². The van der Waals surface area contributed by atoms with Crippen molar-refractivity contribution in [3.8, 4) is 11.5 Å². The molecule has 6 nitrogen and oxygen atoms in total. The van der Waals surface area contributed by atoms with E-state index in [9.17, 15) is 9.90 Å². The zero-order valence-electron chi connectivity index (χ0n) is 11.7. The lowest BCUT2D eigenvalue weighted by atomic mass is 10.1. The Morgan fingerprint density at radius 2 is 2.25 bits per heavy atom. The molecule has 106 valence electrons. The van der Waals surface area contributed by atoms with Crippen LogP contribution < -0.4 is 4.74 Å². The van der Waals surface area contributed by atoms with Crippen molar-refractivity contribution < 1.29 is 14.6 Å². The van der Waals surface area contributed by atoms with Crippen LogP contribution >= 0.6 is 0 Å². The highest BCUT2D eigenvalue weighted by molar-refractivity contribution is 5.94. The number of phenolic OH excluding ortho intramolecular Hbond substituents is 1. The molecule has 0 unspecified atom stereocenters. The van der Waals surface area contributed by atoms with Gasteiger partial charge in [0.05, 0.1) is 13.3 Å². The molecule has 0 saturated heterocycles. The van der Waals surface area contributed by atoms with Crippen LogP contribution in [0.3, 0.4) is 0 Å². The van der Waals surface area contributed by atoms with Crippen LogP contribution in [0.2, 0.25) is 0 Å². The second-order valence-corrected chi connectivity index (χ2v) is 4.57. The molecule has 0 aliphatic heterocycles. The minimum atomic E-state index is -0.174. The van der Waals surface area contributed by atoms with Gasteiger partial charge in [-0.25, -0.2) is 0 Å². The number of methoxy groups -OCH3 is 1. The van der Waals surface area contributed by atoms with E-state index in [2.05, 4.69) is 5.10 Å². The molecule has 1 N–H and O–H groups in total. The number of rotatable bonds is 4. The van der Waals surface area contributed by atoms with Gasteiger partial charge in [0.25, 0.3) is 5.91 Å². The van der Waals surface area contributed by atoms with Gasteiger partial charge in [0, 0.05) is 38.0 Å². The van der Waals surface area contributed by atoms with Crippen molar-refractivity contribution in [3.63, 3.8) is 0 Å². The number of hydrogen-bond acceptors (Lipinski definition) is 4. The number of nitrogens with zero attached hydrogens (tertiary/aromatic N) is 3. The summed E-state index contributed by atoms with van der Waals surface area (Å²) in [4.78, 5) is 13.8. The van der Waals surface area contributed by atoms with Crippen LogP contribution in [-0.4, -0.2) is 39.9 Å². The van der Waals surface area contributed by atoms with Gasteiger partial charge >= 0.3 is 0 Å². The summed E-state index contributed by atoms with van der Waals surface area (Å²) in [7, 11) is 4.99. The fraction of sp³-hybridized carbons (Fsp3) is 0.286. The van der Waals surface area contributed by atoms with Crippen LogP contribution in [0.4, 0.5) is 0 Å². The quantitative estimate of drug-likeness (QED) is 0.916. The van der Waals surface area contributed by atoms with E-state index in [0.29, 0.717) is 17.9 Å². The topological polar surface area (TPSA) is 67.6 Å². The van der Waals surface area contributed by atoms with Crippen molar-refractivity contribution in [3.05, 3.63) is 41.7 Å². The lowest BCUT2D eigenvalue weighted by molar-refractivity contribution is 0.0784. The molecule has 0 saturated carbocycles. The van der Waals surface area contributed by atoms with E-state index in [1.54, 1.807) is 35.0 Å². The van der Waals surface area contributed by atoms with Gasteiger partial charge < -0.3 is 14.7 Å². The number of amides is 1. The smallest absolute Gasteiger partial charge is 0.254 e. The van der Waals surface area contributed by atoms with Crippen LogP contribution in [0.15, 0.2) is 30.6 Å². The van der Waals surface area contributed by atoms with Crippen molar-refractivity contribution in [2.24, 2.45) is 7.05 Å². The minimum absolute atomic E-state index is 0.0480. The molecule has 2 rings (SSSR count). The largest absolute Gasteiger partial charge is 0.504 e. The number of phenols is 1. The van der Waals surface area contributed by atoms with E-state index in [0.717, 1.165) is 5.56 Å². The Kier molecular flexibility index (Phi) is 3.93. The first kappa shape index (κ1) is 13.9. The first-order chi connectivity index (χ1) is 9.51. The number of ether oxygens (including phenoxy) is 1. The third-order valence-corrected chi connectivity index (χ3v) is 2.95. The van der Waals surface area contributed by atoms with Gasteiger partial charge in [-0.3, -0.25) is 9.48 Å². The first-order valence-corrected chi connectivity index (χ1v) is 6.11. The maximum atomic E-state index is 12.3. The second-order valence-electron chi connectivity index (χ2n) is 4.57. The van der Waals surface area contributed by atoms with E-state index >= 15 is 0 Å². The number of carbonyl (C=O) groups excluding carboxylic acids is 1. The SMILES string of the molecule is COc1ccc(C(=O)N(C)Cc2cnn(C)c2)cc1O. The summed E-state index contributed by atoms with van der Waals surface area (Å²) >= 11 is 0. The fourth-order valence-corrected chi connectivity index (χ4v) is 1.94. The van der Waals surface area contributed by atoms with Crippen LogP contribution in [0, 0.1) is 0 Å². The van der Waals surface area contributed by atoms with Gasteiger partial charge in [0.2, 0.25) is 0 Å². The van der Waals surface area contributed by atoms with E-state index in [4.69, 9.17) is 4.74 Å². The van der Waals surface area contributed by atoms with Crippen LogP contribution in [0.25, 0.3) is 0 Å². The predicted molar refractivity (Wildman–Crippen MR) is 73.7 cm³/mol. The summed E-state index contributed by atoms with van der Waals surface area (Å²) in [5, 5.41) is 13.8. The zero-order chi connectivity index (χ0) is 14.7. The highest BCUT2D eigenvalue weighted by Crippen LogP contribution is 2.26. The molecule has 0 fully saturated rings. The molecule has 1 aromatic heterocycles. The summed E-state index contributed by atoms with van der Waals surface area (Å²) in [5.74, 6) is 0.122. The summed E-state index contributed by atoms with van der Waals surface area (Å²) < 4.78 is 6.64. The summed E-state index contributed by atoms with van der Waals surface area (Å²) in [6.07, 6.45) is 3.57. The summed E-state index contributed by atoms with van der Waals surface area (Å²) in [5.41, 5.74) is 1.36. The van der Waals surface area contributed by atoms with Crippen molar-refractivity contribution in [1.82, 2.24) is 14.7 Å². The van der Waals surface area contributed by atoms with Gasteiger partial charge in [-0.05, 0) is 18.2 Å². The molecular formula is C14H17N3O3. The number of aromatic hydroxyl groups is 1. The van der Waals surface area contributed by atoms with E-state index < -0.39 is 0 Å². The fourth-order valence-electron chi connectivity index (χ4n) is 1.94. The predicted octanol–water partition coefficient (Wildman–Crippen LogP) is 1.41. The maximum Gasteiger partial charge on any atom is 0.254 e. The number of carbonyl (C=O) groups is 1. The Labute approximate surface area is 117 Å². The minimum Gasteiger partial charge on any atom is -0.504 e. The number of aryl methyl sites for hydroxylation is 1. The van der Waals surface area contributed by atoms with Gasteiger partial charge in [0.15, 0.2) is 11.5 Å². The standard InChI is InChI=1S/C14H17N3O3/c1-16(8-10-7-15-17(2)9-10)14(19)11-4-5-13(20-3)12(18)6-11/h4-7,9,18H,8H2,1-3H3. The first-order valence-electron chi connectivity index (χ1n) is 6.11. The van der Waals surface area contributed by atoms with Crippen molar-refractivity contribution in [2.75, 3.05) is 14.2 Å². The Hall–Kier alpha value is -2.50. The molecule has 0 aliphatic rings. The average Bonchev–Trinajstić information content (AvgIpc) is 2.83. The molecule has 2 aromatic rings. The van der Waals surface area contributed by atoms with E-state index in [1.807, 2.05) is 13.2 Å². The Morgan fingerprint density at radius 3 is 2.80 bits per heavy atom. The second kappa shape index (κ2) is 5.64. The third-order valence-electron chi connectivity index (χ3n) is 2.95. The molecule has 1 amide bonds. The lowest BCUT2D eigenvalue weighted by Crippen LogP contribution is -2.26. The molecule has 0 radical (unpaired) electrons. The van der Waals surface area contributed by atoms with Crippen LogP contribution in [0.5, 0.6) is 11.5 Å². The zero-order valence-corrected chi connectivity index (χ0v) is 11.7. The van der Waals surface area contributed by atoms with Crippen molar-refractivity contribution in [1.29, 1.82) is 0 Å². The molecule has 0 aliphatic carbocycles. The molecule has 20 heavy (non-hydrogen) atoms. The highest BCUT2D eigenvalue weighted by Gasteiger charge is 2.14. The Morgan fingerprint density at radius 1 is 1.50 bits per heavy atom. The molecular weight excluding hydrogens is 258 g/mol. The third kappa shape index (κ3) is 2.90. The van der Waals surface area contributed by atoms with E-state index in [-0.39, 0.29) is 11.7 Å². The Bertz CT molecular complexity index is 622. The monoisotopic (exact) mass is 275 g/mol. The highest BCUT2D eigenvalue weighted by atomic mass is 16.5. The molecule has 0 atom stereocenters.